The van der Waals surface area contributed by atoms with Gasteiger partial charge in [-0.05, 0) is 70.0 Å². The van der Waals surface area contributed by atoms with Crippen LogP contribution >= 0.6 is 27.3 Å². The lowest BCUT2D eigenvalue weighted by Gasteiger charge is -2.14. The summed E-state index contributed by atoms with van der Waals surface area (Å²) in [5.74, 6) is 0.887. The van der Waals surface area contributed by atoms with Crippen LogP contribution in [0.4, 0.5) is 15.9 Å². The van der Waals surface area contributed by atoms with Crippen molar-refractivity contribution < 1.29 is 17.5 Å². The minimum absolute atomic E-state index is 0.230. The second-order valence-electron chi connectivity index (χ2n) is 10.0. The molecule has 0 aliphatic heterocycles. The number of halogens is 2. The van der Waals surface area contributed by atoms with Gasteiger partial charge in [-0.15, -0.1) is 11.3 Å². The van der Waals surface area contributed by atoms with Crippen molar-refractivity contribution in [2.45, 2.75) is 19.6 Å². The highest BCUT2D eigenvalue weighted by Crippen LogP contribution is 2.32. The number of hydrogen-bond acceptors (Lipinski definition) is 10. The van der Waals surface area contributed by atoms with Gasteiger partial charge in [-0.2, -0.15) is 8.42 Å². The molecule has 0 saturated carbocycles. The van der Waals surface area contributed by atoms with E-state index in [1.54, 1.807) is 29.4 Å². The third-order valence-electron chi connectivity index (χ3n) is 6.77. The molecule has 10 nitrogen and oxygen atoms in total. The van der Waals surface area contributed by atoms with E-state index >= 15 is 0 Å². The van der Waals surface area contributed by atoms with Gasteiger partial charge in [-0.25, -0.2) is 19.3 Å². The normalized spacial score (nSPS) is 11.1. The average Bonchev–Trinajstić information content (AvgIpc) is 3.52. The molecule has 0 atom stereocenters. The van der Waals surface area contributed by atoms with E-state index in [0.29, 0.717) is 48.0 Å². The number of nitrogens with one attached hydrogen (secondary N) is 1. The van der Waals surface area contributed by atoms with Gasteiger partial charge in [0.25, 0.3) is 0 Å². The minimum atomic E-state index is -2.35. The summed E-state index contributed by atoms with van der Waals surface area (Å²) in [6.07, 6.45) is 5.45. The highest BCUT2D eigenvalue weighted by molar-refractivity contribution is 9.10. The van der Waals surface area contributed by atoms with Crippen LogP contribution in [-0.2, 0) is 29.9 Å². The maximum absolute atomic E-state index is 13.5. The smallest absolute Gasteiger partial charge is 0.225 e. The third-order valence-corrected chi connectivity index (χ3v) is 8.69. The minimum Gasteiger partial charge on any atom is -0.488 e. The van der Waals surface area contributed by atoms with Crippen LogP contribution in [-0.4, -0.2) is 50.3 Å². The van der Waals surface area contributed by atoms with Gasteiger partial charge in [0, 0.05) is 41.3 Å². The zero-order valence-electron chi connectivity index (χ0n) is 24.0. The summed E-state index contributed by atoms with van der Waals surface area (Å²) < 4.78 is 43.1. The molecule has 0 aliphatic carbocycles. The molecule has 6 aromatic rings. The fourth-order valence-corrected chi connectivity index (χ4v) is 6.32. The van der Waals surface area contributed by atoms with Crippen LogP contribution in [0.1, 0.15) is 16.3 Å². The first kappa shape index (κ1) is 31.4. The van der Waals surface area contributed by atoms with Crippen molar-refractivity contribution in [1.82, 2.24) is 29.8 Å². The van der Waals surface area contributed by atoms with Crippen molar-refractivity contribution >= 4 is 65.5 Å². The van der Waals surface area contributed by atoms with Crippen molar-refractivity contribution in [3.8, 4) is 17.1 Å². The molecule has 0 unspecified atom stereocenters. The Bertz CT molecular complexity index is 2120. The van der Waals surface area contributed by atoms with E-state index in [-0.39, 0.29) is 12.4 Å². The molecular formula is C32H25BrFN7O3S2. The molecule has 0 amide bonds. The molecule has 6 rings (SSSR count). The standard InChI is InChI=1S/C32H25BrFN7O3S2/c33-26-13-24(7-8-30(26)44-17-21-4-3-5-22(34)12-21)39-32-25-14-27(36-15-28(25)37-19-38-32)29-18-45-31(40-29)16-41(20-46(42)43)11-9-23-6-1-2-10-35-23/h1-8,10,12-15,18-20H,9,11,16-17H2,(H,37,38,39). The van der Waals surface area contributed by atoms with Crippen molar-refractivity contribution in [1.29, 1.82) is 0 Å². The highest BCUT2D eigenvalue weighted by atomic mass is 79.9. The van der Waals surface area contributed by atoms with Gasteiger partial charge in [-0.3, -0.25) is 14.9 Å². The Morgan fingerprint density at radius 1 is 1.00 bits per heavy atom. The predicted molar refractivity (Wildman–Crippen MR) is 180 cm³/mol. The monoisotopic (exact) mass is 717 g/mol. The van der Waals surface area contributed by atoms with Gasteiger partial charge >= 0.3 is 0 Å². The molecule has 0 bridgehead atoms. The summed E-state index contributed by atoms with van der Waals surface area (Å²) >= 11 is 4.99. The Hall–Kier alpha value is -4.63. The Kier molecular flexibility index (Phi) is 9.98. The number of ether oxygens (including phenoxy) is 1. The zero-order chi connectivity index (χ0) is 31.9. The van der Waals surface area contributed by atoms with Crippen LogP contribution < -0.4 is 10.1 Å². The van der Waals surface area contributed by atoms with Crippen molar-refractivity contribution in [2.24, 2.45) is 0 Å². The van der Waals surface area contributed by atoms with Crippen LogP contribution in [0.3, 0.4) is 0 Å². The average molecular weight is 719 g/mol. The number of nitrogens with zero attached hydrogens (tertiary/aromatic N) is 6. The number of thiazole rings is 1. The lowest BCUT2D eigenvalue weighted by molar-refractivity contribution is 0.303. The van der Waals surface area contributed by atoms with E-state index in [2.05, 4.69) is 41.2 Å². The summed E-state index contributed by atoms with van der Waals surface area (Å²) in [4.78, 5) is 24.2. The fraction of sp³-hybridized carbons (Fsp3) is 0.125. The van der Waals surface area contributed by atoms with Crippen molar-refractivity contribution in [3.05, 3.63) is 117 Å². The topological polar surface area (TPSA) is 123 Å². The molecule has 232 valence electrons. The van der Waals surface area contributed by atoms with Gasteiger partial charge < -0.3 is 10.1 Å². The molecule has 14 heteroatoms. The molecule has 46 heavy (non-hydrogen) atoms. The molecule has 0 radical (unpaired) electrons. The number of aromatic nitrogens is 5. The van der Waals surface area contributed by atoms with E-state index in [1.807, 2.05) is 47.8 Å². The predicted octanol–water partition coefficient (Wildman–Crippen LogP) is 6.45. The Balaban J connectivity index is 1.17. The number of pyridine rings is 2. The van der Waals surface area contributed by atoms with E-state index in [9.17, 15) is 12.8 Å². The van der Waals surface area contributed by atoms with Gasteiger partial charge in [0.1, 0.15) is 40.8 Å². The fourth-order valence-electron chi connectivity index (χ4n) is 4.59. The summed E-state index contributed by atoms with van der Waals surface area (Å²) in [5.41, 5.74) is 5.49. The molecular weight excluding hydrogens is 693 g/mol. The first-order valence-corrected chi connectivity index (χ1v) is 16.8. The van der Waals surface area contributed by atoms with Crippen LogP contribution in [0.2, 0.25) is 0 Å². The maximum Gasteiger partial charge on any atom is 0.225 e. The summed E-state index contributed by atoms with van der Waals surface area (Å²) in [6.45, 7) is 1.02. The third kappa shape index (κ3) is 8.14. The number of benzene rings is 2. The van der Waals surface area contributed by atoms with Crippen LogP contribution in [0, 0.1) is 5.82 Å². The molecule has 0 fully saturated rings. The lowest BCUT2D eigenvalue weighted by Crippen LogP contribution is -2.24. The van der Waals surface area contributed by atoms with Gasteiger partial charge in [0.15, 0.2) is 0 Å². The summed E-state index contributed by atoms with van der Waals surface area (Å²) in [7, 11) is -2.35. The molecule has 4 heterocycles. The van der Waals surface area contributed by atoms with Crippen molar-refractivity contribution in [2.75, 3.05) is 11.9 Å². The second-order valence-corrected chi connectivity index (χ2v) is 12.6. The molecule has 2 aromatic carbocycles. The number of hydrogen-bond donors (Lipinski definition) is 1. The lowest BCUT2D eigenvalue weighted by atomic mass is 10.2. The van der Waals surface area contributed by atoms with E-state index in [1.165, 1.54) is 35.3 Å². The quantitative estimate of drug-likeness (QED) is 0.141. The number of fused-ring (bicyclic) bond motifs is 1. The second kappa shape index (κ2) is 14.6. The Labute approximate surface area is 277 Å². The summed E-state index contributed by atoms with van der Waals surface area (Å²) in [6, 6.07) is 19.4. The maximum atomic E-state index is 13.5. The Morgan fingerprint density at radius 2 is 1.91 bits per heavy atom. The number of rotatable bonds is 12. The zero-order valence-corrected chi connectivity index (χ0v) is 27.3. The van der Waals surface area contributed by atoms with Gasteiger partial charge in [-0.1, -0.05) is 18.2 Å². The summed E-state index contributed by atoms with van der Waals surface area (Å²) in [5, 5.41) is 6.73. The van der Waals surface area contributed by atoms with Gasteiger partial charge in [0.05, 0.1) is 34.1 Å². The van der Waals surface area contributed by atoms with E-state index < -0.39 is 10.3 Å². The first-order chi connectivity index (χ1) is 22.4. The van der Waals surface area contributed by atoms with Crippen LogP contribution in [0.5, 0.6) is 5.75 Å². The molecule has 4 aromatic heterocycles. The largest absolute Gasteiger partial charge is 0.488 e. The SMILES string of the molecule is O=S(=O)=CN(CCc1ccccn1)Cc1nc(-c2cc3c(Nc4ccc(OCc5cccc(F)c5)c(Br)c4)ncnc3cn2)cs1. The van der Waals surface area contributed by atoms with Crippen LogP contribution in [0.15, 0.2) is 95.3 Å². The molecule has 0 aliphatic rings. The van der Waals surface area contributed by atoms with E-state index in [0.717, 1.165) is 31.8 Å². The van der Waals surface area contributed by atoms with Crippen molar-refractivity contribution in [3.63, 3.8) is 0 Å². The Morgan fingerprint density at radius 3 is 2.72 bits per heavy atom. The van der Waals surface area contributed by atoms with Crippen LogP contribution in [0.25, 0.3) is 22.3 Å². The molecule has 0 spiro atoms. The first-order valence-electron chi connectivity index (χ1n) is 14.0. The van der Waals surface area contributed by atoms with Gasteiger partial charge in [0.2, 0.25) is 10.3 Å². The van der Waals surface area contributed by atoms with E-state index in [4.69, 9.17) is 9.72 Å². The number of anilines is 2. The molecule has 1 N–H and O–H groups in total. The molecule has 0 saturated heterocycles. The highest BCUT2D eigenvalue weighted by Gasteiger charge is 2.14.